The predicted molar refractivity (Wildman–Crippen MR) is 63.9 cm³/mol. The second-order valence-corrected chi connectivity index (χ2v) is 5.01. The Balaban J connectivity index is 1.64. The van der Waals surface area contributed by atoms with Crippen LogP contribution in [0.3, 0.4) is 0 Å². The molecule has 2 rings (SSSR count). The summed E-state index contributed by atoms with van der Waals surface area (Å²) in [4.78, 5) is 5.26. The molecule has 15 heavy (non-hydrogen) atoms. The number of nitrogens with two attached hydrogens (primary N) is 1. The van der Waals surface area contributed by atoms with Crippen molar-refractivity contribution in [2.75, 3.05) is 39.3 Å². The Morgan fingerprint density at radius 3 is 2.27 bits per heavy atom. The SMILES string of the molecule is NCCCN1CC(N2CCCCCC2)C1. The van der Waals surface area contributed by atoms with Gasteiger partial charge in [0.05, 0.1) is 0 Å². The maximum absolute atomic E-state index is 5.52. The smallest absolute Gasteiger partial charge is 0.0350 e. The topological polar surface area (TPSA) is 32.5 Å². The second kappa shape index (κ2) is 5.83. The largest absolute Gasteiger partial charge is 0.330 e. The first kappa shape index (κ1) is 11.4. The maximum atomic E-state index is 5.52. The Kier molecular flexibility index (Phi) is 4.42. The van der Waals surface area contributed by atoms with E-state index in [1.165, 1.54) is 58.4 Å². The lowest BCUT2D eigenvalue weighted by Gasteiger charge is -2.45. The van der Waals surface area contributed by atoms with Crippen molar-refractivity contribution < 1.29 is 0 Å². The molecule has 0 aromatic carbocycles. The third kappa shape index (κ3) is 3.16. The summed E-state index contributed by atoms with van der Waals surface area (Å²) in [6.07, 6.45) is 6.88. The highest BCUT2D eigenvalue weighted by molar-refractivity contribution is 4.88. The lowest BCUT2D eigenvalue weighted by molar-refractivity contribution is 0.0357. The summed E-state index contributed by atoms with van der Waals surface area (Å²) in [5.74, 6) is 0. The van der Waals surface area contributed by atoms with E-state index in [9.17, 15) is 0 Å². The van der Waals surface area contributed by atoms with Crippen LogP contribution in [0.4, 0.5) is 0 Å². The zero-order chi connectivity index (χ0) is 10.5. The highest BCUT2D eigenvalue weighted by Gasteiger charge is 2.30. The average Bonchev–Trinajstić information content (AvgIpc) is 2.44. The van der Waals surface area contributed by atoms with Crippen molar-refractivity contribution in [2.24, 2.45) is 5.73 Å². The molecule has 0 aromatic heterocycles. The van der Waals surface area contributed by atoms with Crippen molar-refractivity contribution in [2.45, 2.75) is 38.1 Å². The van der Waals surface area contributed by atoms with Gasteiger partial charge in [-0.1, -0.05) is 12.8 Å². The number of nitrogens with zero attached hydrogens (tertiary/aromatic N) is 2. The summed E-state index contributed by atoms with van der Waals surface area (Å²) in [5.41, 5.74) is 5.52. The van der Waals surface area contributed by atoms with Crippen molar-refractivity contribution in [1.82, 2.24) is 9.80 Å². The fourth-order valence-corrected chi connectivity index (χ4v) is 2.73. The van der Waals surface area contributed by atoms with Gasteiger partial charge in [-0.2, -0.15) is 0 Å². The van der Waals surface area contributed by atoms with E-state index in [0.29, 0.717) is 0 Å². The minimum absolute atomic E-state index is 0.838. The highest BCUT2D eigenvalue weighted by atomic mass is 15.3. The summed E-state index contributed by atoms with van der Waals surface area (Å²) < 4.78 is 0. The van der Waals surface area contributed by atoms with Gasteiger partial charge >= 0.3 is 0 Å². The summed E-state index contributed by atoms with van der Waals surface area (Å²) in [6.45, 7) is 7.32. The molecule has 88 valence electrons. The molecule has 0 unspecified atom stereocenters. The van der Waals surface area contributed by atoms with Crippen LogP contribution < -0.4 is 5.73 Å². The lowest BCUT2D eigenvalue weighted by Crippen LogP contribution is -2.59. The lowest BCUT2D eigenvalue weighted by atomic mass is 10.1. The minimum Gasteiger partial charge on any atom is -0.330 e. The molecule has 2 saturated heterocycles. The maximum Gasteiger partial charge on any atom is 0.0350 e. The molecule has 2 aliphatic rings. The van der Waals surface area contributed by atoms with Gasteiger partial charge in [0.25, 0.3) is 0 Å². The molecule has 0 bridgehead atoms. The van der Waals surface area contributed by atoms with E-state index in [0.717, 1.165) is 19.0 Å². The summed E-state index contributed by atoms with van der Waals surface area (Å²) in [6, 6.07) is 0.862. The zero-order valence-corrected chi connectivity index (χ0v) is 9.83. The Bertz CT molecular complexity index is 170. The molecule has 0 radical (unpaired) electrons. The van der Waals surface area contributed by atoms with Gasteiger partial charge in [-0.3, -0.25) is 4.90 Å². The van der Waals surface area contributed by atoms with E-state index in [2.05, 4.69) is 9.80 Å². The Morgan fingerprint density at radius 1 is 1.00 bits per heavy atom. The van der Waals surface area contributed by atoms with Gasteiger partial charge in [-0.05, 0) is 45.4 Å². The first-order valence-electron chi connectivity index (χ1n) is 6.56. The van der Waals surface area contributed by atoms with Crippen molar-refractivity contribution in [3.05, 3.63) is 0 Å². The predicted octanol–water partition coefficient (Wildman–Crippen LogP) is 0.895. The average molecular weight is 211 g/mol. The summed E-state index contributed by atoms with van der Waals surface area (Å²) >= 11 is 0. The molecule has 2 aliphatic heterocycles. The van der Waals surface area contributed by atoms with E-state index in [1.54, 1.807) is 0 Å². The number of hydrogen-bond acceptors (Lipinski definition) is 3. The van der Waals surface area contributed by atoms with E-state index < -0.39 is 0 Å². The monoisotopic (exact) mass is 211 g/mol. The third-order valence-corrected chi connectivity index (χ3v) is 3.77. The molecule has 2 fully saturated rings. The minimum atomic E-state index is 0.838. The van der Waals surface area contributed by atoms with Gasteiger partial charge in [0.2, 0.25) is 0 Å². The molecule has 0 atom stereocenters. The fraction of sp³-hybridized carbons (Fsp3) is 1.00. The van der Waals surface area contributed by atoms with E-state index >= 15 is 0 Å². The van der Waals surface area contributed by atoms with Crippen LogP contribution in [-0.4, -0.2) is 55.1 Å². The van der Waals surface area contributed by atoms with Crippen LogP contribution in [0.25, 0.3) is 0 Å². The molecular formula is C12H25N3. The number of likely N-dealkylation sites (tertiary alicyclic amines) is 2. The Morgan fingerprint density at radius 2 is 1.67 bits per heavy atom. The normalized spacial score (nSPS) is 26.2. The molecule has 0 amide bonds. The fourth-order valence-electron chi connectivity index (χ4n) is 2.73. The Hall–Kier alpha value is -0.120. The van der Waals surface area contributed by atoms with E-state index in [-0.39, 0.29) is 0 Å². The van der Waals surface area contributed by atoms with Crippen molar-refractivity contribution in [3.63, 3.8) is 0 Å². The first-order chi connectivity index (χ1) is 7.40. The van der Waals surface area contributed by atoms with Gasteiger partial charge in [0.1, 0.15) is 0 Å². The molecule has 2 heterocycles. The highest BCUT2D eigenvalue weighted by Crippen LogP contribution is 2.19. The van der Waals surface area contributed by atoms with Crippen LogP contribution in [0.2, 0.25) is 0 Å². The first-order valence-corrected chi connectivity index (χ1v) is 6.56. The third-order valence-electron chi connectivity index (χ3n) is 3.77. The van der Waals surface area contributed by atoms with Crippen LogP contribution in [-0.2, 0) is 0 Å². The molecule has 0 spiro atoms. The number of hydrogen-bond donors (Lipinski definition) is 1. The molecule has 3 heteroatoms. The quantitative estimate of drug-likeness (QED) is 0.750. The molecular weight excluding hydrogens is 186 g/mol. The van der Waals surface area contributed by atoms with Crippen molar-refractivity contribution >= 4 is 0 Å². The van der Waals surface area contributed by atoms with Crippen LogP contribution in [0.1, 0.15) is 32.1 Å². The summed E-state index contributed by atoms with van der Waals surface area (Å²) in [5, 5.41) is 0. The van der Waals surface area contributed by atoms with Crippen LogP contribution in [0.5, 0.6) is 0 Å². The summed E-state index contributed by atoms with van der Waals surface area (Å²) in [7, 11) is 0. The van der Waals surface area contributed by atoms with E-state index in [4.69, 9.17) is 5.73 Å². The molecule has 2 N–H and O–H groups in total. The van der Waals surface area contributed by atoms with Gasteiger partial charge < -0.3 is 10.6 Å². The van der Waals surface area contributed by atoms with Crippen LogP contribution >= 0.6 is 0 Å². The van der Waals surface area contributed by atoms with Crippen molar-refractivity contribution in [1.29, 1.82) is 0 Å². The van der Waals surface area contributed by atoms with Crippen LogP contribution in [0.15, 0.2) is 0 Å². The molecule has 0 aromatic rings. The number of rotatable bonds is 4. The Labute approximate surface area is 93.6 Å². The molecule has 0 saturated carbocycles. The second-order valence-electron chi connectivity index (χ2n) is 5.01. The van der Waals surface area contributed by atoms with Crippen molar-refractivity contribution in [3.8, 4) is 0 Å². The van der Waals surface area contributed by atoms with E-state index in [1.807, 2.05) is 0 Å². The van der Waals surface area contributed by atoms with Gasteiger partial charge in [0, 0.05) is 19.1 Å². The van der Waals surface area contributed by atoms with Gasteiger partial charge in [-0.15, -0.1) is 0 Å². The standard InChI is InChI=1S/C12H25N3/c13-6-5-7-14-10-12(11-14)15-8-3-1-2-4-9-15/h12H,1-11,13H2. The zero-order valence-electron chi connectivity index (χ0n) is 9.83. The van der Waals surface area contributed by atoms with Crippen LogP contribution in [0, 0.1) is 0 Å². The van der Waals surface area contributed by atoms with Gasteiger partial charge in [0.15, 0.2) is 0 Å². The molecule has 3 nitrogen and oxygen atoms in total. The molecule has 0 aliphatic carbocycles. The van der Waals surface area contributed by atoms with Gasteiger partial charge in [-0.25, -0.2) is 0 Å².